The predicted molar refractivity (Wildman–Crippen MR) is 69.0 cm³/mol. The predicted octanol–water partition coefficient (Wildman–Crippen LogP) is 3.43. The summed E-state index contributed by atoms with van der Waals surface area (Å²) >= 11 is 0. The fourth-order valence-corrected chi connectivity index (χ4v) is 1.72. The van der Waals surface area contributed by atoms with Gasteiger partial charge in [-0.25, -0.2) is 8.78 Å². The minimum atomic E-state index is -0.865. The summed E-state index contributed by atoms with van der Waals surface area (Å²) in [6.45, 7) is 7.61. The van der Waals surface area contributed by atoms with Crippen molar-refractivity contribution < 1.29 is 13.5 Å². The number of hydrogen-bond acceptors (Lipinski definition) is 2. The molecule has 0 radical (unpaired) electrons. The number of halogens is 2. The van der Waals surface area contributed by atoms with Crippen molar-refractivity contribution in [2.45, 2.75) is 39.7 Å². The number of nitrogens with one attached hydrogen (secondary N) is 1. The number of benzene rings is 1. The third kappa shape index (κ3) is 4.61. The van der Waals surface area contributed by atoms with Crippen LogP contribution in [-0.4, -0.2) is 19.2 Å². The minimum Gasteiger partial charge on any atom is -0.490 e. The van der Waals surface area contributed by atoms with Crippen molar-refractivity contribution in [3.05, 3.63) is 29.3 Å². The number of ether oxygens (including phenoxy) is 1. The van der Waals surface area contributed by atoms with Gasteiger partial charge in [-0.3, -0.25) is 0 Å². The molecule has 0 fully saturated rings. The Bertz CT molecular complexity index is 382. The van der Waals surface area contributed by atoms with E-state index in [-0.39, 0.29) is 6.10 Å². The number of rotatable bonds is 7. The fourth-order valence-electron chi connectivity index (χ4n) is 1.72. The van der Waals surface area contributed by atoms with E-state index in [2.05, 4.69) is 12.2 Å². The van der Waals surface area contributed by atoms with Gasteiger partial charge in [0, 0.05) is 6.07 Å². The lowest BCUT2D eigenvalue weighted by atomic mass is 10.2. The Morgan fingerprint density at radius 1 is 1.28 bits per heavy atom. The summed E-state index contributed by atoms with van der Waals surface area (Å²) < 4.78 is 31.7. The van der Waals surface area contributed by atoms with Gasteiger partial charge in [0.05, 0.1) is 6.10 Å². The third-order valence-electron chi connectivity index (χ3n) is 2.76. The highest BCUT2D eigenvalue weighted by atomic mass is 19.2. The summed E-state index contributed by atoms with van der Waals surface area (Å²) in [6, 6.07) is 2.28. The van der Waals surface area contributed by atoms with Gasteiger partial charge >= 0.3 is 0 Å². The topological polar surface area (TPSA) is 21.3 Å². The Balaban J connectivity index is 2.48. The Morgan fingerprint density at radius 2 is 1.94 bits per heavy atom. The highest BCUT2D eigenvalue weighted by Crippen LogP contribution is 2.23. The lowest BCUT2D eigenvalue weighted by molar-refractivity contribution is 0.205. The number of hydrogen-bond donors (Lipinski definition) is 1. The molecule has 0 aliphatic heterocycles. The van der Waals surface area contributed by atoms with Crippen LogP contribution in [0.4, 0.5) is 8.78 Å². The molecule has 0 aliphatic rings. The molecular formula is C14H21F2NO. The second kappa shape index (κ2) is 7.31. The molecule has 1 aromatic carbocycles. The van der Waals surface area contributed by atoms with Gasteiger partial charge in [0.15, 0.2) is 11.6 Å². The quantitative estimate of drug-likeness (QED) is 0.756. The minimum absolute atomic E-state index is 0.00721. The van der Waals surface area contributed by atoms with Crippen LogP contribution in [0.2, 0.25) is 0 Å². The van der Waals surface area contributed by atoms with E-state index in [1.165, 1.54) is 0 Å². The van der Waals surface area contributed by atoms with Gasteiger partial charge in [0.1, 0.15) is 5.75 Å². The lowest BCUT2D eigenvalue weighted by Gasteiger charge is -2.16. The summed E-state index contributed by atoms with van der Waals surface area (Å²) in [7, 11) is 0. The molecule has 0 amide bonds. The molecule has 0 bridgehead atoms. The summed E-state index contributed by atoms with van der Waals surface area (Å²) in [5.41, 5.74) is 0.618. The average Bonchev–Trinajstić information content (AvgIpc) is 2.32. The van der Waals surface area contributed by atoms with E-state index in [9.17, 15) is 8.78 Å². The van der Waals surface area contributed by atoms with E-state index in [0.717, 1.165) is 38.1 Å². The van der Waals surface area contributed by atoms with E-state index in [1.807, 2.05) is 6.92 Å². The first kappa shape index (κ1) is 14.9. The molecule has 0 aliphatic carbocycles. The van der Waals surface area contributed by atoms with E-state index >= 15 is 0 Å². The Morgan fingerprint density at radius 3 is 2.61 bits per heavy atom. The molecule has 102 valence electrons. The van der Waals surface area contributed by atoms with Crippen LogP contribution < -0.4 is 10.1 Å². The summed E-state index contributed by atoms with van der Waals surface area (Å²) in [5, 5.41) is 3.23. The van der Waals surface area contributed by atoms with Gasteiger partial charge in [-0.15, -0.1) is 0 Å². The van der Waals surface area contributed by atoms with Crippen LogP contribution in [0.5, 0.6) is 5.75 Å². The zero-order valence-electron chi connectivity index (χ0n) is 11.2. The largest absolute Gasteiger partial charge is 0.490 e. The van der Waals surface area contributed by atoms with Gasteiger partial charge < -0.3 is 10.1 Å². The Kier molecular flexibility index (Phi) is 6.05. The van der Waals surface area contributed by atoms with Crippen LogP contribution in [0, 0.1) is 18.6 Å². The first-order chi connectivity index (χ1) is 8.54. The van der Waals surface area contributed by atoms with E-state index in [4.69, 9.17) is 4.74 Å². The maximum absolute atomic E-state index is 13.1. The molecule has 0 saturated heterocycles. The first-order valence-corrected chi connectivity index (χ1v) is 6.37. The molecule has 0 saturated carbocycles. The van der Waals surface area contributed by atoms with Crippen molar-refractivity contribution >= 4 is 0 Å². The highest BCUT2D eigenvalue weighted by molar-refractivity contribution is 5.33. The molecule has 0 heterocycles. The molecule has 18 heavy (non-hydrogen) atoms. The molecule has 4 heteroatoms. The normalized spacial score (nSPS) is 12.5. The second-order valence-corrected chi connectivity index (χ2v) is 4.46. The molecule has 1 aromatic rings. The molecule has 2 nitrogen and oxygen atoms in total. The van der Waals surface area contributed by atoms with Crippen molar-refractivity contribution in [1.29, 1.82) is 0 Å². The van der Waals surface area contributed by atoms with Crippen LogP contribution in [0.1, 0.15) is 32.3 Å². The standard InChI is InChI=1S/C14H21F2NO/c1-4-17-7-5-6-11(3)18-14-9-13(16)12(15)8-10(14)2/h8-9,11,17H,4-7H2,1-3H3. The Labute approximate surface area is 107 Å². The van der Waals surface area contributed by atoms with Crippen LogP contribution in [0.3, 0.4) is 0 Å². The smallest absolute Gasteiger partial charge is 0.162 e. The molecular weight excluding hydrogens is 236 g/mol. The van der Waals surface area contributed by atoms with Crippen LogP contribution in [0.25, 0.3) is 0 Å². The zero-order valence-corrected chi connectivity index (χ0v) is 11.2. The van der Waals surface area contributed by atoms with Crippen molar-refractivity contribution in [1.82, 2.24) is 5.32 Å². The third-order valence-corrected chi connectivity index (χ3v) is 2.76. The van der Waals surface area contributed by atoms with Crippen LogP contribution in [0.15, 0.2) is 12.1 Å². The molecule has 1 unspecified atom stereocenters. The summed E-state index contributed by atoms with van der Waals surface area (Å²) in [5.74, 6) is -1.28. The van der Waals surface area contributed by atoms with Crippen LogP contribution >= 0.6 is 0 Å². The van der Waals surface area contributed by atoms with E-state index in [0.29, 0.717) is 11.3 Å². The second-order valence-electron chi connectivity index (χ2n) is 4.46. The molecule has 0 aromatic heterocycles. The maximum Gasteiger partial charge on any atom is 0.162 e. The van der Waals surface area contributed by atoms with E-state index in [1.54, 1.807) is 6.92 Å². The van der Waals surface area contributed by atoms with Crippen molar-refractivity contribution in [3.8, 4) is 5.75 Å². The van der Waals surface area contributed by atoms with Crippen molar-refractivity contribution in [2.75, 3.05) is 13.1 Å². The monoisotopic (exact) mass is 257 g/mol. The van der Waals surface area contributed by atoms with Gasteiger partial charge in [-0.05, 0) is 51.4 Å². The van der Waals surface area contributed by atoms with Gasteiger partial charge in [-0.2, -0.15) is 0 Å². The lowest BCUT2D eigenvalue weighted by Crippen LogP contribution is -2.18. The average molecular weight is 257 g/mol. The number of aryl methyl sites for hydroxylation is 1. The molecule has 1 atom stereocenters. The Hall–Kier alpha value is -1.16. The highest BCUT2D eigenvalue weighted by Gasteiger charge is 2.10. The maximum atomic E-state index is 13.1. The first-order valence-electron chi connectivity index (χ1n) is 6.37. The molecule has 1 rings (SSSR count). The SMILES string of the molecule is CCNCCCC(C)Oc1cc(F)c(F)cc1C. The van der Waals surface area contributed by atoms with Crippen molar-refractivity contribution in [2.24, 2.45) is 0 Å². The van der Waals surface area contributed by atoms with Crippen LogP contribution in [-0.2, 0) is 0 Å². The van der Waals surface area contributed by atoms with Gasteiger partial charge in [-0.1, -0.05) is 6.92 Å². The molecule has 1 N–H and O–H groups in total. The zero-order chi connectivity index (χ0) is 13.5. The molecule has 0 spiro atoms. The van der Waals surface area contributed by atoms with Gasteiger partial charge in [0.25, 0.3) is 0 Å². The fraction of sp³-hybridized carbons (Fsp3) is 0.571. The van der Waals surface area contributed by atoms with Gasteiger partial charge in [0.2, 0.25) is 0 Å². The summed E-state index contributed by atoms with van der Waals surface area (Å²) in [6.07, 6.45) is 1.87. The van der Waals surface area contributed by atoms with Crippen molar-refractivity contribution in [3.63, 3.8) is 0 Å². The summed E-state index contributed by atoms with van der Waals surface area (Å²) in [4.78, 5) is 0. The van der Waals surface area contributed by atoms with E-state index < -0.39 is 11.6 Å².